The summed E-state index contributed by atoms with van der Waals surface area (Å²) in [7, 11) is -3.61. The number of carbonyl (C=O) groups excluding carboxylic acids is 2. The Morgan fingerprint density at radius 1 is 1.00 bits per heavy atom. The van der Waals surface area contributed by atoms with E-state index in [-0.39, 0.29) is 24.8 Å². The second-order valence-electron chi connectivity index (χ2n) is 8.56. The molecule has 9 heteroatoms. The lowest BCUT2D eigenvalue weighted by molar-refractivity contribution is -0.141. The molecular formula is C27H39N3O5S. The van der Waals surface area contributed by atoms with Gasteiger partial charge in [-0.3, -0.25) is 13.9 Å². The minimum atomic E-state index is -3.61. The summed E-state index contributed by atoms with van der Waals surface area (Å²) in [6.07, 6.45) is 2.83. The third kappa shape index (κ3) is 8.55. The quantitative estimate of drug-likeness (QED) is 0.386. The number of ether oxygens (including phenoxy) is 1. The molecule has 0 unspecified atom stereocenters. The van der Waals surface area contributed by atoms with E-state index in [1.165, 1.54) is 4.31 Å². The molecule has 0 heterocycles. The predicted octanol–water partition coefficient (Wildman–Crippen LogP) is 3.97. The van der Waals surface area contributed by atoms with E-state index in [0.717, 1.165) is 18.2 Å². The van der Waals surface area contributed by atoms with E-state index in [4.69, 9.17) is 4.74 Å². The summed E-state index contributed by atoms with van der Waals surface area (Å²) >= 11 is 0. The van der Waals surface area contributed by atoms with Gasteiger partial charge < -0.3 is 15.0 Å². The SMILES string of the molecule is CCCNC(=O)[C@H](CC)N(Cc1ccccc1)C(=O)CCCN(c1ccccc1OCC)S(C)(=O)=O. The molecule has 0 bridgehead atoms. The van der Waals surface area contributed by atoms with E-state index in [2.05, 4.69) is 5.32 Å². The van der Waals surface area contributed by atoms with Crippen LogP contribution in [0.1, 0.15) is 52.0 Å². The van der Waals surface area contributed by atoms with E-state index >= 15 is 0 Å². The Morgan fingerprint density at radius 3 is 2.28 bits per heavy atom. The highest BCUT2D eigenvalue weighted by Gasteiger charge is 2.29. The number of carbonyl (C=O) groups is 2. The summed E-state index contributed by atoms with van der Waals surface area (Å²) in [6, 6.07) is 15.9. The molecule has 1 atom stereocenters. The van der Waals surface area contributed by atoms with Crippen LogP contribution in [0.2, 0.25) is 0 Å². The molecule has 1 N–H and O–H groups in total. The van der Waals surface area contributed by atoms with Crippen molar-refractivity contribution in [2.45, 2.75) is 59.0 Å². The maximum Gasteiger partial charge on any atom is 0.242 e. The van der Waals surface area contributed by atoms with E-state index in [0.29, 0.717) is 44.0 Å². The van der Waals surface area contributed by atoms with Crippen LogP contribution in [0.25, 0.3) is 0 Å². The second-order valence-corrected chi connectivity index (χ2v) is 10.5. The molecule has 0 aliphatic heterocycles. The van der Waals surface area contributed by atoms with Gasteiger partial charge in [0, 0.05) is 26.1 Å². The van der Waals surface area contributed by atoms with Gasteiger partial charge >= 0.3 is 0 Å². The van der Waals surface area contributed by atoms with Crippen molar-refractivity contribution in [1.29, 1.82) is 0 Å². The molecule has 198 valence electrons. The third-order valence-electron chi connectivity index (χ3n) is 5.72. The molecule has 8 nitrogen and oxygen atoms in total. The Bertz CT molecular complexity index is 1080. The summed E-state index contributed by atoms with van der Waals surface area (Å²) < 4.78 is 32.1. The summed E-state index contributed by atoms with van der Waals surface area (Å²) in [5.41, 5.74) is 1.37. The van der Waals surface area contributed by atoms with Crippen molar-refractivity contribution in [2.75, 3.05) is 30.3 Å². The molecule has 0 saturated heterocycles. The van der Waals surface area contributed by atoms with Crippen molar-refractivity contribution in [3.8, 4) is 5.75 Å². The van der Waals surface area contributed by atoms with Gasteiger partial charge in [0.2, 0.25) is 21.8 Å². The molecule has 2 aromatic rings. The van der Waals surface area contributed by atoms with E-state index < -0.39 is 16.1 Å². The first-order valence-corrected chi connectivity index (χ1v) is 14.4. The number of sulfonamides is 1. The summed E-state index contributed by atoms with van der Waals surface area (Å²) in [5, 5.41) is 2.90. The van der Waals surface area contributed by atoms with Crippen LogP contribution in [0.4, 0.5) is 5.69 Å². The van der Waals surface area contributed by atoms with E-state index in [1.807, 2.05) is 51.1 Å². The monoisotopic (exact) mass is 517 g/mol. The van der Waals surface area contributed by atoms with Gasteiger partial charge in [0.15, 0.2) is 0 Å². The number of rotatable bonds is 15. The maximum absolute atomic E-state index is 13.4. The van der Waals surface area contributed by atoms with Crippen molar-refractivity contribution in [2.24, 2.45) is 0 Å². The minimum absolute atomic E-state index is 0.104. The highest BCUT2D eigenvalue weighted by atomic mass is 32.2. The molecule has 0 radical (unpaired) electrons. The molecule has 0 aliphatic rings. The van der Waals surface area contributed by atoms with Gasteiger partial charge in [0.25, 0.3) is 0 Å². The van der Waals surface area contributed by atoms with E-state index in [9.17, 15) is 18.0 Å². The van der Waals surface area contributed by atoms with Gasteiger partial charge in [-0.25, -0.2) is 8.42 Å². The first-order valence-electron chi connectivity index (χ1n) is 12.5. The summed E-state index contributed by atoms with van der Waals surface area (Å²) in [6.45, 7) is 7.07. The molecule has 2 aromatic carbocycles. The Kier molecular flexibility index (Phi) is 11.7. The highest BCUT2D eigenvalue weighted by molar-refractivity contribution is 7.92. The van der Waals surface area contributed by atoms with Crippen molar-refractivity contribution in [3.05, 3.63) is 60.2 Å². The van der Waals surface area contributed by atoms with Gasteiger partial charge in [0.1, 0.15) is 11.8 Å². The zero-order valence-corrected chi connectivity index (χ0v) is 22.6. The number of para-hydroxylation sites is 2. The van der Waals surface area contributed by atoms with Gasteiger partial charge in [-0.1, -0.05) is 56.3 Å². The largest absolute Gasteiger partial charge is 0.492 e. The molecule has 0 aromatic heterocycles. The number of hydrogen-bond donors (Lipinski definition) is 1. The fourth-order valence-electron chi connectivity index (χ4n) is 3.99. The average molecular weight is 518 g/mol. The van der Waals surface area contributed by atoms with Crippen LogP contribution in [0, 0.1) is 0 Å². The molecule has 2 rings (SSSR count). The van der Waals surface area contributed by atoms with Crippen LogP contribution in [-0.2, 0) is 26.2 Å². The number of nitrogens with one attached hydrogen (secondary N) is 1. The zero-order valence-electron chi connectivity index (χ0n) is 21.8. The van der Waals surface area contributed by atoms with Gasteiger partial charge in [-0.05, 0) is 43.9 Å². The Balaban J connectivity index is 2.21. The molecule has 2 amide bonds. The lowest BCUT2D eigenvalue weighted by Crippen LogP contribution is -2.49. The number of benzene rings is 2. The standard InChI is InChI=1S/C27H39N3O5S/c1-5-19-28-27(32)23(6-2)29(21-22-14-9-8-10-15-22)26(31)18-13-20-30(36(4,33)34)24-16-11-12-17-25(24)35-7-3/h8-12,14-17,23H,5-7,13,18-21H2,1-4H3,(H,28,32)/t23-/m0/s1. The average Bonchev–Trinajstić information content (AvgIpc) is 2.85. The van der Waals surface area contributed by atoms with Crippen LogP contribution in [0.3, 0.4) is 0 Å². The molecule has 0 aliphatic carbocycles. The van der Waals surface area contributed by atoms with Crippen LogP contribution in [-0.4, -0.2) is 57.1 Å². The van der Waals surface area contributed by atoms with Crippen molar-refractivity contribution < 1.29 is 22.7 Å². The molecule has 0 spiro atoms. The molecule has 0 saturated carbocycles. The first-order chi connectivity index (χ1) is 17.2. The maximum atomic E-state index is 13.4. The fourth-order valence-corrected chi connectivity index (χ4v) is 4.96. The van der Waals surface area contributed by atoms with Gasteiger partial charge in [-0.2, -0.15) is 0 Å². The van der Waals surface area contributed by atoms with Gasteiger partial charge in [0.05, 0.1) is 18.6 Å². The van der Waals surface area contributed by atoms with Crippen molar-refractivity contribution in [3.63, 3.8) is 0 Å². The van der Waals surface area contributed by atoms with Crippen molar-refractivity contribution >= 4 is 27.5 Å². The van der Waals surface area contributed by atoms with E-state index in [1.54, 1.807) is 29.2 Å². The fraction of sp³-hybridized carbons (Fsp3) is 0.481. The molecule has 0 fully saturated rings. The van der Waals surface area contributed by atoms with Crippen LogP contribution in [0.5, 0.6) is 5.75 Å². The first kappa shape index (κ1) is 29.2. The predicted molar refractivity (Wildman–Crippen MR) is 143 cm³/mol. The second kappa shape index (κ2) is 14.5. The number of hydrogen-bond acceptors (Lipinski definition) is 5. The lowest BCUT2D eigenvalue weighted by Gasteiger charge is -2.31. The van der Waals surface area contributed by atoms with Crippen LogP contribution < -0.4 is 14.4 Å². The van der Waals surface area contributed by atoms with Crippen LogP contribution in [0.15, 0.2) is 54.6 Å². The lowest BCUT2D eigenvalue weighted by atomic mass is 10.1. The Labute approximate surface area is 215 Å². The number of amides is 2. The molecular weight excluding hydrogens is 478 g/mol. The minimum Gasteiger partial charge on any atom is -0.492 e. The summed E-state index contributed by atoms with van der Waals surface area (Å²) in [4.78, 5) is 27.9. The highest BCUT2D eigenvalue weighted by Crippen LogP contribution is 2.30. The summed E-state index contributed by atoms with van der Waals surface area (Å²) in [5.74, 6) is 0.108. The smallest absolute Gasteiger partial charge is 0.242 e. The third-order valence-corrected chi connectivity index (χ3v) is 6.90. The van der Waals surface area contributed by atoms with Crippen LogP contribution >= 0.6 is 0 Å². The zero-order chi connectivity index (χ0) is 26.6. The number of nitrogens with zero attached hydrogens (tertiary/aromatic N) is 2. The Morgan fingerprint density at radius 2 is 1.67 bits per heavy atom. The van der Waals surface area contributed by atoms with Crippen molar-refractivity contribution in [1.82, 2.24) is 10.2 Å². The number of anilines is 1. The topological polar surface area (TPSA) is 96.0 Å². The molecule has 36 heavy (non-hydrogen) atoms. The Hall–Kier alpha value is -3.07. The van der Waals surface area contributed by atoms with Gasteiger partial charge in [-0.15, -0.1) is 0 Å². The normalized spacial score (nSPS) is 12.0.